The van der Waals surface area contributed by atoms with Gasteiger partial charge in [0, 0.05) is 35.5 Å². The van der Waals surface area contributed by atoms with Crippen LogP contribution in [0.5, 0.6) is 5.75 Å². The second-order valence-electron chi connectivity index (χ2n) is 12.2. The summed E-state index contributed by atoms with van der Waals surface area (Å²) < 4.78 is 94.6. The zero-order chi connectivity index (χ0) is 34.0. The van der Waals surface area contributed by atoms with E-state index in [2.05, 4.69) is 27.4 Å². The number of primary sulfonamides is 1. The van der Waals surface area contributed by atoms with Crippen LogP contribution in [0, 0.1) is 11.8 Å². The summed E-state index contributed by atoms with van der Waals surface area (Å²) in [4.78, 5) is 2.29. The maximum absolute atomic E-state index is 13.7. The number of likely N-dealkylation sites (tertiary alicyclic amines) is 1. The van der Waals surface area contributed by atoms with Gasteiger partial charge in [-0.2, -0.15) is 13.2 Å². The molecule has 2 heterocycles. The zero-order valence-corrected chi connectivity index (χ0v) is 27.9. The molecule has 0 bridgehead atoms. The number of nitrogens with zero attached hydrogens (tertiary/aromatic N) is 2. The maximum atomic E-state index is 13.7. The van der Waals surface area contributed by atoms with Crippen LogP contribution in [0.1, 0.15) is 44.2 Å². The summed E-state index contributed by atoms with van der Waals surface area (Å²) in [6.45, 7) is 0.425. The van der Waals surface area contributed by atoms with E-state index in [9.17, 15) is 30.0 Å². The molecule has 3 aromatic rings. The van der Waals surface area contributed by atoms with E-state index in [1.54, 1.807) is 18.2 Å². The Morgan fingerprint density at radius 2 is 1.68 bits per heavy atom. The van der Waals surface area contributed by atoms with E-state index in [1.807, 2.05) is 6.07 Å². The van der Waals surface area contributed by atoms with Crippen molar-refractivity contribution in [3.05, 3.63) is 48.2 Å². The molecule has 1 aromatic heterocycles. The molecule has 2 fully saturated rings. The van der Waals surface area contributed by atoms with Gasteiger partial charge in [-0.3, -0.25) is 0 Å². The minimum absolute atomic E-state index is 0.0545. The van der Waals surface area contributed by atoms with Crippen molar-refractivity contribution in [3.8, 4) is 17.6 Å². The molecule has 10 nitrogen and oxygen atoms in total. The monoisotopic (exact) mass is 695 g/mol. The van der Waals surface area contributed by atoms with Crippen molar-refractivity contribution in [2.24, 2.45) is 5.14 Å². The Labute approximate surface area is 273 Å². The maximum Gasteiger partial charge on any atom is 0.406 e. The minimum atomic E-state index is -4.46. The van der Waals surface area contributed by atoms with Crippen LogP contribution in [0.25, 0.3) is 10.9 Å². The average molecular weight is 696 g/mol. The Morgan fingerprint density at radius 3 is 2.30 bits per heavy atom. The van der Waals surface area contributed by atoms with Gasteiger partial charge < -0.3 is 24.8 Å². The highest BCUT2D eigenvalue weighted by Crippen LogP contribution is 2.34. The van der Waals surface area contributed by atoms with Crippen molar-refractivity contribution in [2.45, 2.75) is 73.5 Å². The summed E-state index contributed by atoms with van der Waals surface area (Å²) in [5, 5.41) is 12.2. The van der Waals surface area contributed by atoms with E-state index < -0.39 is 32.6 Å². The largest absolute Gasteiger partial charge is 0.495 e. The summed E-state index contributed by atoms with van der Waals surface area (Å²) in [7, 11) is -5.57. The molecule has 2 aromatic carbocycles. The fourth-order valence-corrected chi connectivity index (χ4v) is 8.20. The van der Waals surface area contributed by atoms with Gasteiger partial charge >= 0.3 is 6.18 Å². The Hall–Kier alpha value is -3.45. The number of sulfone groups is 1. The van der Waals surface area contributed by atoms with Gasteiger partial charge in [0.05, 0.1) is 40.7 Å². The first-order chi connectivity index (χ1) is 22.1. The third-order valence-corrected chi connectivity index (χ3v) is 11.6. The van der Waals surface area contributed by atoms with Crippen molar-refractivity contribution in [2.75, 3.05) is 43.6 Å². The molecule has 0 atom stereocenters. The molecule has 256 valence electrons. The van der Waals surface area contributed by atoms with Crippen molar-refractivity contribution in [3.63, 3.8) is 0 Å². The highest BCUT2D eigenvalue weighted by molar-refractivity contribution is 7.91. The normalized spacial score (nSPS) is 20.0. The molecular formula is C32H40F3N5O5S2. The molecule has 5 rings (SSSR count). The summed E-state index contributed by atoms with van der Waals surface area (Å²) >= 11 is 0. The number of sulfonamides is 1. The number of rotatable bonds is 9. The minimum Gasteiger partial charge on any atom is -0.495 e. The molecule has 0 radical (unpaired) electrons. The number of halogens is 3. The summed E-state index contributed by atoms with van der Waals surface area (Å²) in [5.41, 5.74) is 1.84. The van der Waals surface area contributed by atoms with Crippen molar-refractivity contribution in [1.29, 1.82) is 0 Å². The number of piperidine rings is 1. The second-order valence-corrected chi connectivity index (χ2v) is 16.1. The number of aromatic nitrogens is 1. The van der Waals surface area contributed by atoms with E-state index in [-0.39, 0.29) is 34.2 Å². The van der Waals surface area contributed by atoms with Gasteiger partial charge in [-0.1, -0.05) is 12.0 Å². The van der Waals surface area contributed by atoms with E-state index in [0.717, 1.165) is 44.5 Å². The third-order valence-electron chi connectivity index (χ3n) is 9.02. The number of hydrogen-bond acceptors (Lipinski definition) is 8. The number of nitrogens with two attached hydrogens (primary N) is 1. The fraction of sp³-hybridized carbons (Fsp3) is 0.500. The second kappa shape index (κ2) is 14.0. The number of fused-ring (bicyclic) bond motifs is 1. The molecule has 1 saturated carbocycles. The molecular weight excluding hydrogens is 656 g/mol. The number of anilines is 2. The molecule has 4 N–H and O–H groups in total. The lowest BCUT2D eigenvalue weighted by Gasteiger charge is -2.40. The Kier molecular flexibility index (Phi) is 10.4. The molecule has 2 aliphatic rings. The predicted molar refractivity (Wildman–Crippen MR) is 177 cm³/mol. The van der Waals surface area contributed by atoms with Crippen LogP contribution in [0.3, 0.4) is 0 Å². The Balaban J connectivity index is 1.28. The van der Waals surface area contributed by atoms with Crippen LogP contribution in [0.2, 0.25) is 0 Å². The summed E-state index contributed by atoms with van der Waals surface area (Å²) in [5.74, 6) is 5.98. The highest BCUT2D eigenvalue weighted by atomic mass is 32.2. The molecule has 1 aliphatic heterocycles. The Morgan fingerprint density at radius 1 is 0.979 bits per heavy atom. The number of nitrogens with one attached hydrogen (secondary N) is 2. The smallest absolute Gasteiger partial charge is 0.406 e. The molecule has 0 unspecified atom stereocenters. The van der Waals surface area contributed by atoms with Gasteiger partial charge in [-0.15, -0.1) is 0 Å². The number of ether oxygens (including phenoxy) is 1. The molecule has 47 heavy (non-hydrogen) atoms. The van der Waals surface area contributed by atoms with Crippen molar-refractivity contribution < 1.29 is 34.7 Å². The summed E-state index contributed by atoms with van der Waals surface area (Å²) in [6.07, 6.45) is 1.91. The molecule has 0 amide bonds. The SMILES string of the molecule is COc1cc(S(N)(=O)=O)ccc1NCC#Cc1cc2c(N[C@H]3CC[C@H](N4CCC(S(C)(=O)=O)CC4)CC3)cccc2n1CC(F)(F)F. The molecule has 1 saturated heterocycles. The topological polar surface area (TPSA) is 136 Å². The van der Waals surface area contributed by atoms with Gasteiger partial charge in [0.2, 0.25) is 10.0 Å². The molecule has 0 spiro atoms. The lowest BCUT2D eigenvalue weighted by molar-refractivity contribution is -0.140. The van der Waals surface area contributed by atoms with E-state index in [1.165, 1.54) is 36.1 Å². The standard InChI is InChI=1S/C32H40F3N5O5S2/c1-45-31-20-26(47(36,43)44)12-13-29(31)37-16-4-5-24-19-27-28(6-3-7-30(27)40(24)21-32(33,34)35)38-22-8-10-23(11-9-22)39-17-14-25(15-18-39)46(2,41)42/h3,6-7,12-13,19-20,22-23,25,37-38H,8-11,14-18,21H2,1-2H3,(H2,36,43,44)/t22-,23-. The van der Waals surface area contributed by atoms with Crippen LogP contribution in [-0.2, 0) is 26.4 Å². The zero-order valence-electron chi connectivity index (χ0n) is 26.3. The van der Waals surface area contributed by atoms with Gasteiger partial charge in [0.1, 0.15) is 22.1 Å². The first-order valence-electron chi connectivity index (χ1n) is 15.4. The number of benzene rings is 2. The highest BCUT2D eigenvalue weighted by Gasteiger charge is 2.33. The number of methoxy groups -OCH3 is 1. The fourth-order valence-electron chi connectivity index (χ4n) is 6.61. The predicted octanol–water partition coefficient (Wildman–Crippen LogP) is 4.56. The summed E-state index contributed by atoms with van der Waals surface area (Å²) in [6, 6.07) is 11.6. The van der Waals surface area contributed by atoms with Gasteiger partial charge in [0.25, 0.3) is 0 Å². The van der Waals surface area contributed by atoms with Gasteiger partial charge in [-0.05, 0) is 87.9 Å². The Bertz CT molecular complexity index is 1870. The van der Waals surface area contributed by atoms with Crippen LogP contribution >= 0.6 is 0 Å². The van der Waals surface area contributed by atoms with E-state index in [0.29, 0.717) is 35.5 Å². The van der Waals surface area contributed by atoms with Gasteiger partial charge in [-0.25, -0.2) is 22.0 Å². The van der Waals surface area contributed by atoms with Crippen molar-refractivity contribution >= 4 is 42.1 Å². The first-order valence-corrected chi connectivity index (χ1v) is 18.9. The molecule has 1 aliphatic carbocycles. The van der Waals surface area contributed by atoms with Crippen LogP contribution in [0.15, 0.2) is 47.4 Å². The van der Waals surface area contributed by atoms with E-state index >= 15 is 0 Å². The number of hydrogen-bond donors (Lipinski definition) is 3. The first kappa shape index (κ1) is 34.9. The number of alkyl halides is 3. The van der Waals surface area contributed by atoms with Crippen LogP contribution < -0.4 is 20.5 Å². The van der Waals surface area contributed by atoms with Crippen molar-refractivity contribution in [1.82, 2.24) is 9.47 Å². The van der Waals surface area contributed by atoms with Crippen LogP contribution in [-0.4, -0.2) is 82.8 Å². The van der Waals surface area contributed by atoms with E-state index in [4.69, 9.17) is 9.88 Å². The lowest BCUT2D eigenvalue weighted by atomic mass is 9.89. The lowest BCUT2D eigenvalue weighted by Crippen LogP contribution is -2.46. The average Bonchev–Trinajstić information content (AvgIpc) is 3.35. The molecule has 15 heteroatoms. The van der Waals surface area contributed by atoms with Crippen LogP contribution in [0.4, 0.5) is 24.5 Å². The quantitative estimate of drug-likeness (QED) is 0.278. The van der Waals surface area contributed by atoms with Gasteiger partial charge in [0.15, 0.2) is 0 Å². The third kappa shape index (κ3) is 8.72.